The molecule has 8 nitrogen and oxygen atoms in total. The van der Waals surface area contributed by atoms with E-state index in [4.69, 9.17) is 5.73 Å². The molecule has 4 aromatic rings. The maximum absolute atomic E-state index is 13.1. The highest BCUT2D eigenvalue weighted by atomic mass is 32.1. The van der Waals surface area contributed by atoms with Gasteiger partial charge in [0.1, 0.15) is 11.6 Å². The van der Waals surface area contributed by atoms with Crippen molar-refractivity contribution in [1.29, 1.82) is 0 Å². The maximum atomic E-state index is 13.1. The van der Waals surface area contributed by atoms with Gasteiger partial charge in [0.15, 0.2) is 11.6 Å². The number of rotatable bonds is 4. The van der Waals surface area contributed by atoms with Crippen LogP contribution in [-0.4, -0.2) is 29.5 Å². The number of nitrogens with two attached hydrogens (primary N) is 1. The molecule has 0 aliphatic rings. The lowest BCUT2D eigenvalue weighted by Crippen LogP contribution is -2.02. The Hall–Kier alpha value is -3.14. The third-order valence-electron chi connectivity index (χ3n) is 4.19. The minimum atomic E-state index is -0.459. The fourth-order valence-corrected chi connectivity index (χ4v) is 4.12. The normalized spacial score (nSPS) is 12.4. The largest absolute Gasteiger partial charge is 0.368 e. The molecule has 0 aromatic carbocycles. The second-order valence-corrected chi connectivity index (χ2v) is 7.28. The molecular weight excluding hydrogens is 367 g/mol. The van der Waals surface area contributed by atoms with Gasteiger partial charge in [-0.25, -0.2) is 24.3 Å². The Kier molecular flexibility index (Phi) is 4.19. The van der Waals surface area contributed by atoms with Crippen LogP contribution < -0.4 is 11.1 Å². The van der Waals surface area contributed by atoms with Crippen LogP contribution in [0.1, 0.15) is 29.1 Å². The van der Waals surface area contributed by atoms with Gasteiger partial charge >= 0.3 is 0 Å². The first-order valence-corrected chi connectivity index (χ1v) is 9.03. The summed E-state index contributed by atoms with van der Waals surface area (Å²) in [6.45, 7) is 3.96. The van der Waals surface area contributed by atoms with Gasteiger partial charge in [-0.3, -0.25) is 0 Å². The zero-order valence-corrected chi connectivity index (χ0v) is 15.8. The van der Waals surface area contributed by atoms with Gasteiger partial charge in [-0.15, -0.1) is 11.3 Å². The van der Waals surface area contributed by atoms with E-state index in [0.717, 1.165) is 20.7 Å². The maximum Gasteiger partial charge on any atom is 0.222 e. The molecule has 4 heterocycles. The van der Waals surface area contributed by atoms with Crippen molar-refractivity contribution in [2.75, 3.05) is 11.1 Å². The molecule has 3 N–H and O–H groups in total. The van der Waals surface area contributed by atoms with Gasteiger partial charge in [0, 0.05) is 18.1 Å². The fourth-order valence-electron chi connectivity index (χ4n) is 2.88. The van der Waals surface area contributed by atoms with Crippen molar-refractivity contribution < 1.29 is 4.39 Å². The second-order valence-electron chi connectivity index (χ2n) is 6.23. The standard InChI is InChI=1S/C17H17FN8S/c1-8-12-14(27-13(8)9(2)15-20-4-10(18)5-21-15)16(25-17(19)24-12)23-11-6-26(3)7-22-11/h4-7,9H,1-3H3,(H3,19,23,24,25)/t9-/m1/s1. The molecule has 138 valence electrons. The zero-order chi connectivity index (χ0) is 19.1. The number of aryl methyl sites for hydroxylation is 2. The van der Waals surface area contributed by atoms with E-state index in [1.807, 2.05) is 31.7 Å². The number of fused-ring (bicyclic) bond motifs is 1. The first-order valence-electron chi connectivity index (χ1n) is 8.21. The average Bonchev–Trinajstić information content (AvgIpc) is 3.19. The Morgan fingerprint density at radius 1 is 1.22 bits per heavy atom. The number of aromatic nitrogens is 6. The van der Waals surface area contributed by atoms with Crippen LogP contribution in [0.3, 0.4) is 0 Å². The lowest BCUT2D eigenvalue weighted by Gasteiger charge is -2.08. The summed E-state index contributed by atoms with van der Waals surface area (Å²) in [4.78, 5) is 22.3. The Labute approximate surface area is 158 Å². The van der Waals surface area contributed by atoms with Crippen LogP contribution in [-0.2, 0) is 7.05 Å². The van der Waals surface area contributed by atoms with Crippen molar-refractivity contribution in [2.45, 2.75) is 19.8 Å². The zero-order valence-electron chi connectivity index (χ0n) is 14.9. The number of nitrogens with one attached hydrogen (secondary N) is 1. The van der Waals surface area contributed by atoms with Gasteiger partial charge in [-0.2, -0.15) is 4.98 Å². The van der Waals surface area contributed by atoms with Gasteiger partial charge in [-0.05, 0) is 12.5 Å². The van der Waals surface area contributed by atoms with Gasteiger partial charge in [-0.1, -0.05) is 6.92 Å². The first-order chi connectivity index (χ1) is 12.9. The molecule has 0 aliphatic carbocycles. The molecule has 0 amide bonds. The summed E-state index contributed by atoms with van der Waals surface area (Å²) in [5.41, 5.74) is 7.67. The van der Waals surface area contributed by atoms with Crippen LogP contribution in [0.2, 0.25) is 0 Å². The number of hydrogen-bond donors (Lipinski definition) is 2. The summed E-state index contributed by atoms with van der Waals surface area (Å²) in [7, 11) is 1.89. The lowest BCUT2D eigenvalue weighted by atomic mass is 10.1. The van der Waals surface area contributed by atoms with Crippen LogP contribution in [0.4, 0.5) is 22.0 Å². The van der Waals surface area contributed by atoms with E-state index in [1.165, 1.54) is 12.4 Å². The van der Waals surface area contributed by atoms with E-state index in [1.54, 1.807) is 17.7 Å². The van der Waals surface area contributed by atoms with E-state index in [9.17, 15) is 4.39 Å². The lowest BCUT2D eigenvalue weighted by molar-refractivity contribution is 0.606. The molecule has 10 heteroatoms. The van der Waals surface area contributed by atoms with E-state index in [-0.39, 0.29) is 11.9 Å². The molecule has 0 fully saturated rings. The summed E-state index contributed by atoms with van der Waals surface area (Å²) >= 11 is 1.54. The van der Waals surface area contributed by atoms with Crippen LogP contribution in [0.5, 0.6) is 0 Å². The summed E-state index contributed by atoms with van der Waals surface area (Å²) in [6, 6.07) is 0. The molecule has 1 atom stereocenters. The van der Waals surface area contributed by atoms with Crippen molar-refractivity contribution in [2.24, 2.45) is 7.05 Å². The van der Waals surface area contributed by atoms with Crippen molar-refractivity contribution in [3.8, 4) is 0 Å². The molecule has 0 saturated carbocycles. The number of nitrogens with zero attached hydrogens (tertiary/aromatic N) is 6. The molecule has 27 heavy (non-hydrogen) atoms. The van der Waals surface area contributed by atoms with Crippen molar-refractivity contribution in [3.63, 3.8) is 0 Å². The highest BCUT2D eigenvalue weighted by molar-refractivity contribution is 7.20. The predicted octanol–water partition coefficient (Wildman–Crippen LogP) is 3.14. The SMILES string of the molecule is Cc1c([C@@H](C)c2ncc(F)cn2)sc2c(Nc3cn(C)cn3)nc(N)nc12. The topological polar surface area (TPSA) is 107 Å². The molecule has 0 bridgehead atoms. The van der Waals surface area contributed by atoms with E-state index in [2.05, 4.69) is 30.2 Å². The molecule has 0 aliphatic heterocycles. The quantitative estimate of drug-likeness (QED) is 0.556. The number of hydrogen-bond acceptors (Lipinski definition) is 8. The van der Waals surface area contributed by atoms with Gasteiger partial charge in [0.05, 0.1) is 34.9 Å². The van der Waals surface area contributed by atoms with E-state index < -0.39 is 5.82 Å². The molecule has 4 aromatic heterocycles. The summed E-state index contributed by atoms with van der Waals surface area (Å²) in [6.07, 6.45) is 5.89. The minimum Gasteiger partial charge on any atom is -0.368 e. The van der Waals surface area contributed by atoms with Crippen LogP contribution in [0.15, 0.2) is 24.9 Å². The highest BCUT2D eigenvalue weighted by Crippen LogP contribution is 2.40. The van der Waals surface area contributed by atoms with Crippen molar-refractivity contribution in [1.82, 2.24) is 29.5 Å². The molecule has 0 spiro atoms. The highest BCUT2D eigenvalue weighted by Gasteiger charge is 2.22. The summed E-state index contributed by atoms with van der Waals surface area (Å²) < 4.78 is 15.8. The minimum absolute atomic E-state index is 0.117. The second kappa shape index (κ2) is 6.54. The predicted molar refractivity (Wildman–Crippen MR) is 103 cm³/mol. The molecule has 0 radical (unpaired) electrons. The number of nitrogen functional groups attached to an aromatic ring is 1. The Bertz CT molecular complexity index is 1120. The third kappa shape index (κ3) is 3.19. The fraction of sp³-hybridized carbons (Fsp3) is 0.235. The summed E-state index contributed by atoms with van der Waals surface area (Å²) in [5, 5.41) is 3.20. The smallest absolute Gasteiger partial charge is 0.222 e. The van der Waals surface area contributed by atoms with Crippen LogP contribution in [0, 0.1) is 12.7 Å². The third-order valence-corrected chi connectivity index (χ3v) is 5.66. The molecule has 4 rings (SSSR count). The van der Waals surface area contributed by atoms with Crippen molar-refractivity contribution >= 4 is 39.1 Å². The number of halogens is 1. The Morgan fingerprint density at radius 2 is 1.96 bits per heavy atom. The van der Waals surface area contributed by atoms with Gasteiger partial charge in [0.2, 0.25) is 5.95 Å². The Morgan fingerprint density at radius 3 is 2.63 bits per heavy atom. The first kappa shape index (κ1) is 17.3. The number of imidazole rings is 1. The Balaban J connectivity index is 1.80. The van der Waals surface area contributed by atoms with Crippen LogP contribution >= 0.6 is 11.3 Å². The van der Waals surface area contributed by atoms with Gasteiger partial charge < -0.3 is 15.6 Å². The monoisotopic (exact) mass is 384 g/mol. The van der Waals surface area contributed by atoms with E-state index >= 15 is 0 Å². The molecule has 0 unspecified atom stereocenters. The number of anilines is 3. The molecular formula is C17H17FN8S. The average molecular weight is 384 g/mol. The van der Waals surface area contributed by atoms with Crippen LogP contribution in [0.25, 0.3) is 10.2 Å². The van der Waals surface area contributed by atoms with Crippen molar-refractivity contribution in [3.05, 3.63) is 47.0 Å². The molecule has 0 saturated heterocycles. The van der Waals surface area contributed by atoms with Gasteiger partial charge in [0.25, 0.3) is 0 Å². The summed E-state index contributed by atoms with van der Waals surface area (Å²) in [5.74, 6) is 1.42. The van der Waals surface area contributed by atoms with E-state index in [0.29, 0.717) is 17.5 Å². The number of thiophene rings is 1.